The van der Waals surface area contributed by atoms with Gasteiger partial charge < -0.3 is 24.8 Å². The molecule has 0 radical (unpaired) electrons. The van der Waals surface area contributed by atoms with E-state index in [-0.39, 0.29) is 24.4 Å². The number of benzene rings is 2. The second-order valence-corrected chi connectivity index (χ2v) is 9.75. The van der Waals surface area contributed by atoms with Gasteiger partial charge in [0.1, 0.15) is 29.7 Å². The smallest absolute Gasteiger partial charge is 0.129 e. The number of ether oxygens (including phenoxy) is 2. The number of likely N-dealkylation sites (tertiary alicyclic amines) is 1. The lowest BCUT2D eigenvalue weighted by Crippen LogP contribution is -2.43. The molecule has 0 saturated carbocycles. The summed E-state index contributed by atoms with van der Waals surface area (Å²) in [7, 11) is 1.57. The molecule has 1 saturated heterocycles. The van der Waals surface area contributed by atoms with Crippen LogP contribution in [0.4, 0.5) is 8.78 Å². The summed E-state index contributed by atoms with van der Waals surface area (Å²) in [5.41, 5.74) is 1.60. The van der Waals surface area contributed by atoms with Gasteiger partial charge in [0.15, 0.2) is 0 Å². The molecule has 1 aromatic heterocycles. The average Bonchev–Trinajstić information content (AvgIpc) is 2.91. The Balaban J connectivity index is 1.35. The molecule has 200 valence electrons. The second kappa shape index (κ2) is 12.1. The van der Waals surface area contributed by atoms with E-state index in [2.05, 4.69) is 9.88 Å². The van der Waals surface area contributed by atoms with E-state index < -0.39 is 17.7 Å². The summed E-state index contributed by atoms with van der Waals surface area (Å²) < 4.78 is 37.5. The van der Waals surface area contributed by atoms with Crippen LogP contribution in [0, 0.1) is 17.0 Å². The van der Waals surface area contributed by atoms with Gasteiger partial charge in [0, 0.05) is 48.5 Å². The monoisotopic (exact) mass is 516 g/mol. The third-order valence-corrected chi connectivity index (χ3v) is 7.42. The number of fused-ring (bicyclic) bond motifs is 1. The molecule has 1 fully saturated rings. The van der Waals surface area contributed by atoms with Crippen LogP contribution in [0.3, 0.4) is 0 Å². The van der Waals surface area contributed by atoms with Crippen LogP contribution in [-0.2, 0) is 6.61 Å². The third-order valence-electron chi connectivity index (χ3n) is 7.42. The van der Waals surface area contributed by atoms with E-state index in [0.29, 0.717) is 48.4 Å². The van der Waals surface area contributed by atoms with Crippen molar-refractivity contribution in [1.29, 1.82) is 0 Å². The first kappa shape index (κ1) is 27.2. The minimum absolute atomic E-state index is 0.0183. The average molecular weight is 517 g/mol. The predicted molar refractivity (Wildman–Crippen MR) is 135 cm³/mol. The zero-order valence-electron chi connectivity index (χ0n) is 21.0. The Bertz CT molecular complexity index is 1180. The number of methoxy groups -OCH3 is 1. The molecular weight excluding hydrogens is 482 g/mol. The SMILES string of the molecule is COc1ccc2ncc(CO)c([C@@H](O)CCC3(CO)CCN(CCOc4cc(F)cc(F)c4)CC3)c2c1. The number of hydrogen-bond acceptors (Lipinski definition) is 7. The quantitative estimate of drug-likeness (QED) is 0.355. The largest absolute Gasteiger partial charge is 0.497 e. The van der Waals surface area contributed by atoms with E-state index >= 15 is 0 Å². The van der Waals surface area contributed by atoms with E-state index in [0.717, 1.165) is 49.5 Å². The van der Waals surface area contributed by atoms with Crippen molar-refractivity contribution >= 4 is 10.9 Å². The molecule has 0 bridgehead atoms. The Hall–Kier alpha value is -2.85. The topological polar surface area (TPSA) is 95.3 Å². The maximum atomic E-state index is 13.3. The molecule has 9 heteroatoms. The van der Waals surface area contributed by atoms with Gasteiger partial charge in [-0.2, -0.15) is 0 Å². The van der Waals surface area contributed by atoms with E-state index in [9.17, 15) is 24.1 Å². The fourth-order valence-corrected chi connectivity index (χ4v) is 5.11. The van der Waals surface area contributed by atoms with Gasteiger partial charge in [-0.15, -0.1) is 0 Å². The number of piperidine rings is 1. The number of nitrogens with zero attached hydrogens (tertiary/aromatic N) is 2. The maximum absolute atomic E-state index is 13.3. The lowest BCUT2D eigenvalue weighted by Gasteiger charge is -2.41. The number of rotatable bonds is 11. The minimum Gasteiger partial charge on any atom is -0.497 e. The standard InChI is InChI=1S/C28H34F2N2O5/c1-36-22-2-3-25-24(15-22)27(19(17-33)16-31-25)26(35)4-5-28(18-34)6-8-32(9-7-28)10-11-37-23-13-20(29)12-21(30)14-23/h2-3,12-16,26,33-35H,4-11,17-18H2,1H3/t26-/m0/s1. The van der Waals surface area contributed by atoms with Crippen molar-refractivity contribution in [2.24, 2.45) is 5.41 Å². The van der Waals surface area contributed by atoms with Gasteiger partial charge in [0.2, 0.25) is 0 Å². The molecule has 0 aliphatic carbocycles. The molecule has 2 aromatic carbocycles. The number of aliphatic hydroxyl groups is 3. The molecule has 1 aliphatic rings. The number of aliphatic hydroxyl groups excluding tert-OH is 3. The van der Waals surface area contributed by atoms with Crippen molar-refractivity contribution < 1.29 is 33.6 Å². The molecule has 7 nitrogen and oxygen atoms in total. The summed E-state index contributed by atoms with van der Waals surface area (Å²) in [4.78, 5) is 6.59. The highest BCUT2D eigenvalue weighted by molar-refractivity contribution is 5.85. The molecule has 2 heterocycles. The van der Waals surface area contributed by atoms with Crippen LogP contribution in [0.5, 0.6) is 11.5 Å². The van der Waals surface area contributed by atoms with Crippen LogP contribution in [0.15, 0.2) is 42.6 Å². The van der Waals surface area contributed by atoms with Crippen molar-refractivity contribution in [2.75, 3.05) is 40.0 Å². The highest BCUT2D eigenvalue weighted by atomic mass is 19.1. The van der Waals surface area contributed by atoms with Crippen LogP contribution in [0.25, 0.3) is 10.9 Å². The normalized spacial score (nSPS) is 16.6. The summed E-state index contributed by atoms with van der Waals surface area (Å²) in [6.07, 6.45) is 3.31. The van der Waals surface area contributed by atoms with E-state index in [4.69, 9.17) is 9.47 Å². The van der Waals surface area contributed by atoms with Crippen molar-refractivity contribution in [2.45, 2.75) is 38.4 Å². The van der Waals surface area contributed by atoms with E-state index in [1.54, 1.807) is 19.4 Å². The first-order chi connectivity index (χ1) is 17.9. The van der Waals surface area contributed by atoms with E-state index in [1.165, 1.54) is 0 Å². The first-order valence-electron chi connectivity index (χ1n) is 12.5. The second-order valence-electron chi connectivity index (χ2n) is 9.75. The molecule has 0 amide bonds. The van der Waals surface area contributed by atoms with Crippen molar-refractivity contribution in [3.63, 3.8) is 0 Å². The maximum Gasteiger partial charge on any atom is 0.129 e. The molecule has 0 unspecified atom stereocenters. The van der Waals surface area contributed by atoms with Crippen molar-refractivity contribution in [3.05, 3.63) is 65.4 Å². The zero-order chi connectivity index (χ0) is 26.4. The summed E-state index contributed by atoms with van der Waals surface area (Å²) in [6, 6.07) is 8.57. The fourth-order valence-electron chi connectivity index (χ4n) is 5.11. The highest BCUT2D eigenvalue weighted by Crippen LogP contribution is 2.39. The number of hydrogen-bond donors (Lipinski definition) is 3. The van der Waals surface area contributed by atoms with Crippen LogP contribution in [0.2, 0.25) is 0 Å². The first-order valence-corrected chi connectivity index (χ1v) is 12.5. The lowest BCUT2D eigenvalue weighted by atomic mass is 9.74. The molecule has 1 aliphatic heterocycles. The summed E-state index contributed by atoms with van der Waals surface area (Å²) >= 11 is 0. The van der Waals surface area contributed by atoms with Gasteiger partial charge in [-0.25, -0.2) is 8.78 Å². The number of pyridine rings is 1. The van der Waals surface area contributed by atoms with Crippen LogP contribution < -0.4 is 9.47 Å². The van der Waals surface area contributed by atoms with Crippen LogP contribution in [0.1, 0.15) is 42.9 Å². The summed E-state index contributed by atoms with van der Waals surface area (Å²) in [6.45, 7) is 2.17. The Morgan fingerprint density at radius 1 is 1.05 bits per heavy atom. The Morgan fingerprint density at radius 2 is 1.78 bits per heavy atom. The fraction of sp³-hybridized carbons (Fsp3) is 0.464. The molecule has 4 rings (SSSR count). The van der Waals surface area contributed by atoms with Gasteiger partial charge in [-0.1, -0.05) is 0 Å². The molecule has 3 aromatic rings. The predicted octanol–water partition coefficient (Wildman–Crippen LogP) is 3.98. The summed E-state index contributed by atoms with van der Waals surface area (Å²) in [5, 5.41) is 32.1. The van der Waals surface area contributed by atoms with Gasteiger partial charge in [-0.05, 0) is 68.0 Å². The molecular formula is C28H34F2N2O5. The number of halogens is 2. The lowest BCUT2D eigenvalue weighted by molar-refractivity contribution is 0.0203. The summed E-state index contributed by atoms with van der Waals surface area (Å²) in [5.74, 6) is -0.541. The van der Waals surface area contributed by atoms with Crippen molar-refractivity contribution in [1.82, 2.24) is 9.88 Å². The van der Waals surface area contributed by atoms with Gasteiger partial charge in [0.05, 0.1) is 25.3 Å². The Labute approximate surface area is 215 Å². The van der Waals surface area contributed by atoms with Crippen LogP contribution in [-0.4, -0.2) is 65.2 Å². The zero-order valence-corrected chi connectivity index (χ0v) is 21.0. The van der Waals surface area contributed by atoms with Crippen LogP contribution >= 0.6 is 0 Å². The Morgan fingerprint density at radius 3 is 2.43 bits per heavy atom. The minimum atomic E-state index is -0.832. The molecule has 3 N–H and O–H groups in total. The molecule has 0 spiro atoms. The van der Waals surface area contributed by atoms with Gasteiger partial charge in [-0.3, -0.25) is 9.88 Å². The Kier molecular flexibility index (Phi) is 8.91. The van der Waals surface area contributed by atoms with E-state index in [1.807, 2.05) is 12.1 Å². The number of aromatic nitrogens is 1. The van der Waals surface area contributed by atoms with Gasteiger partial charge in [0.25, 0.3) is 0 Å². The molecule has 37 heavy (non-hydrogen) atoms. The molecule has 1 atom stereocenters. The van der Waals surface area contributed by atoms with Crippen molar-refractivity contribution in [3.8, 4) is 11.5 Å². The van der Waals surface area contributed by atoms with Gasteiger partial charge >= 0.3 is 0 Å². The highest BCUT2D eigenvalue weighted by Gasteiger charge is 2.34. The third kappa shape index (κ3) is 6.54.